The van der Waals surface area contributed by atoms with Crippen LogP contribution >= 0.6 is 0 Å². The maximum absolute atomic E-state index is 12.5. The number of nitrogens with one attached hydrogen (secondary N) is 2. The number of fused-ring (bicyclic) bond motifs is 3. The summed E-state index contributed by atoms with van der Waals surface area (Å²) in [6.45, 7) is 0.376. The summed E-state index contributed by atoms with van der Waals surface area (Å²) in [5, 5.41) is 14.3. The molecule has 168 valence electrons. The average Bonchev–Trinajstić information content (AvgIpc) is 3.11. The fourth-order valence-electron chi connectivity index (χ4n) is 4.80. The normalized spacial score (nSPS) is 19.5. The Kier molecular flexibility index (Phi) is 6.73. The van der Waals surface area contributed by atoms with E-state index in [1.165, 1.54) is 11.1 Å². The van der Waals surface area contributed by atoms with E-state index in [0.29, 0.717) is 6.42 Å². The van der Waals surface area contributed by atoms with Crippen molar-refractivity contribution in [2.24, 2.45) is 5.92 Å². The van der Waals surface area contributed by atoms with E-state index >= 15 is 0 Å². The first kappa shape index (κ1) is 21.9. The van der Waals surface area contributed by atoms with Crippen LogP contribution in [0.1, 0.15) is 49.1 Å². The van der Waals surface area contributed by atoms with Gasteiger partial charge in [-0.15, -0.1) is 0 Å². The number of carboxylic acids is 1. The Labute approximate surface area is 187 Å². The van der Waals surface area contributed by atoms with Crippen molar-refractivity contribution in [3.8, 4) is 11.1 Å². The number of amides is 2. The maximum atomic E-state index is 12.5. The molecule has 0 aliphatic heterocycles. The Bertz CT molecular complexity index is 960. The third-order valence-corrected chi connectivity index (χ3v) is 6.35. The lowest BCUT2D eigenvalue weighted by Crippen LogP contribution is -2.43. The van der Waals surface area contributed by atoms with Gasteiger partial charge in [0.05, 0.1) is 6.42 Å². The minimum Gasteiger partial charge on any atom is -0.481 e. The highest BCUT2D eigenvalue weighted by molar-refractivity contribution is 5.80. The quantitative estimate of drug-likeness (QED) is 0.614. The molecule has 0 saturated heterocycles. The molecule has 1 saturated carbocycles. The van der Waals surface area contributed by atoms with Crippen molar-refractivity contribution in [2.75, 3.05) is 13.2 Å². The second-order valence-electron chi connectivity index (χ2n) is 8.47. The number of hydrogen-bond acceptors (Lipinski definition) is 4. The van der Waals surface area contributed by atoms with Gasteiger partial charge in [0.1, 0.15) is 6.61 Å². The highest BCUT2D eigenvalue weighted by Gasteiger charge is 2.31. The Morgan fingerprint density at radius 1 is 0.969 bits per heavy atom. The number of benzene rings is 2. The molecule has 4 rings (SSSR count). The minimum atomic E-state index is -0.941. The Hall–Kier alpha value is -3.35. The van der Waals surface area contributed by atoms with Crippen molar-refractivity contribution in [1.29, 1.82) is 0 Å². The summed E-state index contributed by atoms with van der Waals surface area (Å²) in [5.41, 5.74) is 4.69. The van der Waals surface area contributed by atoms with Gasteiger partial charge in [-0.25, -0.2) is 4.79 Å². The van der Waals surface area contributed by atoms with Crippen LogP contribution in [0.5, 0.6) is 0 Å². The van der Waals surface area contributed by atoms with Crippen molar-refractivity contribution in [2.45, 2.75) is 44.1 Å². The third-order valence-electron chi connectivity index (χ3n) is 6.35. The molecule has 2 aliphatic rings. The first-order valence-corrected chi connectivity index (χ1v) is 11.1. The van der Waals surface area contributed by atoms with Crippen LogP contribution in [0.25, 0.3) is 11.1 Å². The molecule has 7 heteroatoms. The molecule has 2 aromatic rings. The number of hydrogen-bond donors (Lipinski definition) is 3. The molecule has 0 heterocycles. The Morgan fingerprint density at radius 2 is 1.62 bits per heavy atom. The summed E-state index contributed by atoms with van der Waals surface area (Å²) in [7, 11) is 0. The zero-order valence-electron chi connectivity index (χ0n) is 17.9. The van der Waals surface area contributed by atoms with E-state index in [-0.39, 0.29) is 43.4 Å². The molecule has 0 aromatic heterocycles. The summed E-state index contributed by atoms with van der Waals surface area (Å²) in [5.74, 6) is -1.31. The summed E-state index contributed by atoms with van der Waals surface area (Å²) in [6, 6.07) is 16.3. The van der Waals surface area contributed by atoms with Gasteiger partial charge < -0.3 is 20.5 Å². The fourth-order valence-corrected chi connectivity index (χ4v) is 4.80. The molecule has 0 spiro atoms. The van der Waals surface area contributed by atoms with Crippen LogP contribution in [0.3, 0.4) is 0 Å². The fraction of sp³-hybridized carbons (Fsp3) is 0.400. The molecule has 0 radical (unpaired) electrons. The summed E-state index contributed by atoms with van der Waals surface area (Å²) in [4.78, 5) is 35.4. The molecule has 3 N–H and O–H groups in total. The maximum Gasteiger partial charge on any atom is 0.407 e. The molecule has 2 aliphatic carbocycles. The van der Waals surface area contributed by atoms with Crippen LogP contribution in [0.4, 0.5) is 4.79 Å². The number of carbonyl (C=O) groups excluding carboxylic acids is 2. The number of aliphatic carboxylic acids is 1. The lowest BCUT2D eigenvalue weighted by Gasteiger charge is -2.29. The van der Waals surface area contributed by atoms with Gasteiger partial charge in [-0.2, -0.15) is 0 Å². The molecule has 0 bridgehead atoms. The van der Waals surface area contributed by atoms with E-state index in [2.05, 4.69) is 34.9 Å². The van der Waals surface area contributed by atoms with E-state index < -0.39 is 12.1 Å². The van der Waals surface area contributed by atoms with E-state index in [4.69, 9.17) is 9.84 Å². The van der Waals surface area contributed by atoms with Crippen LogP contribution in [-0.4, -0.2) is 42.3 Å². The first-order valence-electron chi connectivity index (χ1n) is 11.1. The molecule has 1 fully saturated rings. The van der Waals surface area contributed by atoms with Gasteiger partial charge in [0.25, 0.3) is 0 Å². The van der Waals surface area contributed by atoms with Crippen LogP contribution in [-0.2, 0) is 14.3 Å². The second-order valence-corrected chi connectivity index (χ2v) is 8.47. The standard InChI is InChI=1S/C25H28N2O5/c28-23(29)12-13-26-24(30)16-6-5-7-17(14-16)27-25(31)32-15-22-20-10-3-1-8-18(20)19-9-2-4-11-21(19)22/h1-4,8-11,16-17,22H,5-7,12-15H2,(H,26,30)(H,27,31)(H,28,29)/t16-,17-/m1/s1. The van der Waals surface area contributed by atoms with Crippen molar-refractivity contribution >= 4 is 18.0 Å². The van der Waals surface area contributed by atoms with Gasteiger partial charge in [-0.05, 0) is 41.5 Å². The van der Waals surface area contributed by atoms with Crippen molar-refractivity contribution in [1.82, 2.24) is 10.6 Å². The van der Waals surface area contributed by atoms with Gasteiger partial charge in [-0.1, -0.05) is 55.0 Å². The van der Waals surface area contributed by atoms with E-state index in [1.54, 1.807) is 0 Å². The molecule has 7 nitrogen and oxygen atoms in total. The highest BCUT2D eigenvalue weighted by Crippen LogP contribution is 2.44. The number of carbonyl (C=O) groups is 3. The number of rotatable bonds is 7. The van der Waals surface area contributed by atoms with Crippen LogP contribution in [0.15, 0.2) is 48.5 Å². The smallest absolute Gasteiger partial charge is 0.407 e. The molecule has 0 unspecified atom stereocenters. The van der Waals surface area contributed by atoms with Crippen LogP contribution in [0.2, 0.25) is 0 Å². The van der Waals surface area contributed by atoms with Crippen molar-refractivity contribution < 1.29 is 24.2 Å². The molecule has 2 aromatic carbocycles. The van der Waals surface area contributed by atoms with Crippen LogP contribution < -0.4 is 10.6 Å². The van der Waals surface area contributed by atoms with Crippen LogP contribution in [0, 0.1) is 5.92 Å². The second kappa shape index (κ2) is 9.85. The van der Waals surface area contributed by atoms with E-state index in [0.717, 1.165) is 30.4 Å². The summed E-state index contributed by atoms with van der Waals surface area (Å²) in [6.07, 6.45) is 2.32. The van der Waals surface area contributed by atoms with Gasteiger partial charge in [-0.3, -0.25) is 9.59 Å². The van der Waals surface area contributed by atoms with E-state index in [9.17, 15) is 14.4 Å². The topological polar surface area (TPSA) is 105 Å². The summed E-state index contributed by atoms with van der Waals surface area (Å²) < 4.78 is 5.61. The van der Waals surface area contributed by atoms with Gasteiger partial charge in [0.15, 0.2) is 0 Å². The van der Waals surface area contributed by atoms with Crippen molar-refractivity contribution in [3.05, 3.63) is 59.7 Å². The zero-order valence-corrected chi connectivity index (χ0v) is 17.9. The molecular formula is C25H28N2O5. The largest absolute Gasteiger partial charge is 0.481 e. The molecule has 32 heavy (non-hydrogen) atoms. The predicted octanol–water partition coefficient (Wildman–Crippen LogP) is 3.67. The van der Waals surface area contributed by atoms with Gasteiger partial charge in [0, 0.05) is 24.4 Å². The third kappa shape index (κ3) is 4.93. The lowest BCUT2D eigenvalue weighted by molar-refractivity contribution is -0.137. The number of ether oxygens (including phenoxy) is 1. The summed E-state index contributed by atoms with van der Waals surface area (Å²) >= 11 is 0. The van der Waals surface area contributed by atoms with Gasteiger partial charge in [0.2, 0.25) is 5.91 Å². The zero-order chi connectivity index (χ0) is 22.5. The SMILES string of the molecule is O=C(O)CCNC(=O)[C@@H]1CCC[C@@H](NC(=O)OCC2c3ccccc3-c3ccccc32)C1. The minimum absolute atomic E-state index is 0.00673. The predicted molar refractivity (Wildman–Crippen MR) is 119 cm³/mol. The highest BCUT2D eigenvalue weighted by atomic mass is 16.5. The Balaban J connectivity index is 1.30. The van der Waals surface area contributed by atoms with Gasteiger partial charge >= 0.3 is 12.1 Å². The Morgan fingerprint density at radius 3 is 2.28 bits per heavy atom. The molecule has 2 atom stereocenters. The van der Waals surface area contributed by atoms with E-state index in [1.807, 2.05) is 24.3 Å². The monoisotopic (exact) mass is 436 g/mol. The average molecular weight is 437 g/mol. The lowest BCUT2D eigenvalue weighted by atomic mass is 9.85. The number of carboxylic acid groups (broad SMARTS) is 1. The first-order chi connectivity index (χ1) is 15.5. The molecule has 2 amide bonds. The molecular weight excluding hydrogens is 408 g/mol. The number of alkyl carbamates (subject to hydrolysis) is 1. The van der Waals surface area contributed by atoms with Crippen molar-refractivity contribution in [3.63, 3.8) is 0 Å².